The van der Waals surface area contributed by atoms with Crippen LogP contribution >= 0.6 is 12.6 Å². The fraction of sp³-hybridized carbons (Fsp3) is 1.00. The highest BCUT2D eigenvalue weighted by molar-refractivity contribution is 7.81. The summed E-state index contributed by atoms with van der Waals surface area (Å²) >= 11 is 4.84. The Morgan fingerprint density at radius 2 is 1.86 bits per heavy atom. The third-order valence-electron chi connectivity index (χ3n) is 0.774. The Kier molecular flexibility index (Phi) is 1.97. The Labute approximate surface area is 48.2 Å². The van der Waals surface area contributed by atoms with Crippen LogP contribution in [-0.4, -0.2) is 25.3 Å². The van der Waals surface area contributed by atoms with Gasteiger partial charge in [-0.15, -0.1) is 0 Å². The molecule has 0 aromatic carbocycles. The van der Waals surface area contributed by atoms with Crippen LogP contribution in [0.3, 0.4) is 0 Å². The summed E-state index contributed by atoms with van der Waals surface area (Å²) in [6, 6.07) is 0. The third-order valence-corrected chi connectivity index (χ3v) is 1.05. The molecule has 1 heterocycles. The van der Waals surface area contributed by atoms with Crippen LogP contribution in [0, 0.1) is 0 Å². The van der Waals surface area contributed by atoms with E-state index in [0.29, 0.717) is 20.0 Å². The highest BCUT2D eigenvalue weighted by Crippen LogP contribution is 2.01. The van der Waals surface area contributed by atoms with Gasteiger partial charge < -0.3 is 9.47 Å². The molecular weight excluding hydrogens is 112 g/mol. The first-order chi connectivity index (χ1) is 3.39. The molecule has 1 aliphatic heterocycles. The first-order valence-corrected chi connectivity index (χ1v) is 2.68. The third kappa shape index (κ3) is 1.67. The Morgan fingerprint density at radius 1 is 1.29 bits per heavy atom. The summed E-state index contributed by atoms with van der Waals surface area (Å²) in [7, 11) is 0. The lowest BCUT2D eigenvalue weighted by Crippen LogP contribution is -2.23. The van der Waals surface area contributed by atoms with Crippen molar-refractivity contribution in [3.8, 4) is 0 Å². The fourth-order valence-corrected chi connectivity index (χ4v) is 0.659. The molecule has 1 aliphatic rings. The maximum Gasteiger partial charge on any atom is 0.146 e. The van der Waals surface area contributed by atoms with Gasteiger partial charge in [-0.3, -0.25) is 0 Å². The number of hydrogen-bond donors (Lipinski definition) is 0. The van der Waals surface area contributed by atoms with Gasteiger partial charge in [0, 0.05) is 0 Å². The van der Waals surface area contributed by atoms with Crippen LogP contribution in [0.4, 0.5) is 0 Å². The first kappa shape index (κ1) is 5.41. The molecule has 0 saturated carbocycles. The lowest BCUT2D eigenvalue weighted by molar-refractivity contribution is -0.0922. The predicted octanol–water partition coefficient (Wildman–Crippen LogP) is 0.557. The van der Waals surface area contributed by atoms with E-state index in [2.05, 4.69) is 0 Å². The summed E-state index contributed by atoms with van der Waals surface area (Å²) in [5.41, 5.74) is 0. The molecule has 0 atom stereocenters. The van der Waals surface area contributed by atoms with E-state index in [1.165, 1.54) is 0 Å². The van der Waals surface area contributed by atoms with Crippen molar-refractivity contribution >= 4 is 12.6 Å². The molecule has 1 fully saturated rings. The number of rotatable bonds is 0. The van der Waals surface area contributed by atoms with Gasteiger partial charge in [0.2, 0.25) is 0 Å². The molecule has 41 valence electrons. The molecule has 0 spiro atoms. The van der Waals surface area contributed by atoms with Crippen LogP contribution in [0.2, 0.25) is 0 Å². The first-order valence-electron chi connectivity index (χ1n) is 2.21. The van der Waals surface area contributed by atoms with E-state index < -0.39 is 0 Å². The molecule has 0 bridgehead atoms. The summed E-state index contributed by atoms with van der Waals surface area (Å²) in [6.07, 6.45) is 0. The zero-order valence-corrected chi connectivity index (χ0v) is 4.74. The summed E-state index contributed by atoms with van der Waals surface area (Å²) in [5, 5.41) is 0.175. The van der Waals surface area contributed by atoms with E-state index in [9.17, 15) is 0 Å². The van der Waals surface area contributed by atoms with Crippen LogP contribution in [0.1, 0.15) is 0 Å². The van der Waals surface area contributed by atoms with Crippen LogP contribution in [0.5, 0.6) is 0 Å². The average molecular weight is 119 g/mol. The minimum atomic E-state index is 0.175. The molecule has 0 aromatic heterocycles. The lowest BCUT2D eigenvalue weighted by atomic mass is 10.5. The van der Waals surface area contributed by atoms with Gasteiger partial charge in [-0.1, -0.05) is 12.6 Å². The second-order valence-electron chi connectivity index (χ2n) is 1.48. The smallest absolute Gasteiger partial charge is 0.146 e. The van der Waals surface area contributed by atoms with Crippen LogP contribution in [-0.2, 0) is 9.47 Å². The van der Waals surface area contributed by atoms with Gasteiger partial charge in [-0.25, -0.2) is 0 Å². The van der Waals surface area contributed by atoms with E-state index in [1.54, 1.807) is 0 Å². The van der Waals surface area contributed by atoms with Crippen molar-refractivity contribution < 1.29 is 9.47 Å². The normalized spacial score (nSPS) is 25.3. The Balaban J connectivity index is 2.12. The summed E-state index contributed by atoms with van der Waals surface area (Å²) in [5.74, 6) is 0. The highest BCUT2D eigenvalue weighted by atomic mass is 32.1. The fourth-order valence-electron chi connectivity index (χ4n) is 0.466. The topological polar surface area (TPSA) is 18.5 Å². The maximum absolute atomic E-state index is 4.86. The highest BCUT2D eigenvalue weighted by Gasteiger charge is 2.08. The molecule has 7 heavy (non-hydrogen) atoms. The SMILES string of the molecule is [S]C1COCOC1. The molecule has 0 N–H and O–H groups in total. The molecule has 2 nitrogen and oxygen atoms in total. The van der Waals surface area contributed by atoms with Gasteiger partial charge in [-0.2, -0.15) is 0 Å². The van der Waals surface area contributed by atoms with Crippen LogP contribution in [0.25, 0.3) is 0 Å². The minimum absolute atomic E-state index is 0.175. The summed E-state index contributed by atoms with van der Waals surface area (Å²) in [4.78, 5) is 0. The number of hydrogen-bond acceptors (Lipinski definition) is 2. The van der Waals surface area contributed by atoms with E-state index in [4.69, 9.17) is 22.1 Å². The van der Waals surface area contributed by atoms with Gasteiger partial charge in [0.05, 0.1) is 18.5 Å². The largest absolute Gasteiger partial charge is 0.354 e. The van der Waals surface area contributed by atoms with Crippen LogP contribution < -0.4 is 0 Å². The van der Waals surface area contributed by atoms with Gasteiger partial charge in [0.15, 0.2) is 0 Å². The Hall–Kier alpha value is 0.270. The molecule has 1 rings (SSSR count). The molecule has 0 unspecified atom stereocenters. The summed E-state index contributed by atoms with van der Waals surface area (Å²) < 4.78 is 9.71. The van der Waals surface area contributed by atoms with Crippen molar-refractivity contribution in [3.05, 3.63) is 0 Å². The molecule has 1 radical (unpaired) electrons. The number of ether oxygens (including phenoxy) is 2. The van der Waals surface area contributed by atoms with Gasteiger partial charge in [-0.05, 0) is 0 Å². The molecular formula is C4H7O2S. The van der Waals surface area contributed by atoms with Crippen molar-refractivity contribution in [2.24, 2.45) is 0 Å². The van der Waals surface area contributed by atoms with Crippen molar-refractivity contribution in [1.82, 2.24) is 0 Å². The molecule has 0 aromatic rings. The quantitative estimate of drug-likeness (QED) is 0.464. The zero-order valence-electron chi connectivity index (χ0n) is 3.92. The molecule has 0 aliphatic carbocycles. The lowest BCUT2D eigenvalue weighted by Gasteiger charge is -2.16. The average Bonchev–Trinajstić information content (AvgIpc) is 1.69. The second kappa shape index (κ2) is 2.55. The van der Waals surface area contributed by atoms with E-state index >= 15 is 0 Å². The maximum atomic E-state index is 4.86. The van der Waals surface area contributed by atoms with Crippen molar-refractivity contribution in [3.63, 3.8) is 0 Å². The van der Waals surface area contributed by atoms with Gasteiger partial charge >= 0.3 is 0 Å². The van der Waals surface area contributed by atoms with Gasteiger partial charge in [0.1, 0.15) is 6.79 Å². The van der Waals surface area contributed by atoms with Crippen molar-refractivity contribution in [2.75, 3.05) is 20.0 Å². The predicted molar refractivity (Wildman–Crippen MR) is 28.1 cm³/mol. The van der Waals surface area contributed by atoms with Gasteiger partial charge in [0.25, 0.3) is 0 Å². The zero-order chi connectivity index (χ0) is 5.11. The molecule has 0 amide bonds. The van der Waals surface area contributed by atoms with Crippen molar-refractivity contribution in [2.45, 2.75) is 5.25 Å². The van der Waals surface area contributed by atoms with Crippen LogP contribution in [0.15, 0.2) is 0 Å². The second-order valence-corrected chi connectivity index (χ2v) is 2.15. The summed E-state index contributed by atoms with van der Waals surface area (Å²) in [6.45, 7) is 1.78. The monoisotopic (exact) mass is 119 g/mol. The van der Waals surface area contributed by atoms with E-state index in [-0.39, 0.29) is 5.25 Å². The Bertz CT molecular complexity index is 51.7. The Morgan fingerprint density at radius 3 is 2.14 bits per heavy atom. The minimum Gasteiger partial charge on any atom is -0.354 e. The molecule has 1 saturated heterocycles. The standard InChI is InChI=1S/C4H7O2S/c7-4-1-5-3-6-2-4/h4H,1-3H2. The van der Waals surface area contributed by atoms with E-state index in [1.807, 2.05) is 0 Å². The molecule has 3 heteroatoms. The van der Waals surface area contributed by atoms with E-state index in [0.717, 1.165) is 0 Å². The van der Waals surface area contributed by atoms with Crippen molar-refractivity contribution in [1.29, 1.82) is 0 Å².